The molecular formula is C14H21N7. The standard InChI is InChI=1S/C14H21N7/c1-19-10-16-18-14(19)21-7-5-20(6-8-21)12-4-2-3-11-9-15-17-13(11)12/h9-10,12H,2-8H2,1H3,(H,15,17). The van der Waals surface area contributed by atoms with Crippen LogP contribution in [0.3, 0.4) is 0 Å². The van der Waals surface area contributed by atoms with Gasteiger partial charge in [0.1, 0.15) is 6.33 Å². The second kappa shape index (κ2) is 5.14. The van der Waals surface area contributed by atoms with Crippen molar-refractivity contribution in [3.05, 3.63) is 23.8 Å². The summed E-state index contributed by atoms with van der Waals surface area (Å²) in [6.07, 6.45) is 7.43. The molecule has 1 saturated heterocycles. The lowest BCUT2D eigenvalue weighted by molar-refractivity contribution is 0.164. The van der Waals surface area contributed by atoms with Gasteiger partial charge in [-0.05, 0) is 24.8 Å². The van der Waals surface area contributed by atoms with E-state index in [1.54, 1.807) is 6.33 Å². The molecule has 2 aromatic rings. The normalized spacial score (nSPS) is 23.3. The Balaban J connectivity index is 1.46. The molecule has 112 valence electrons. The van der Waals surface area contributed by atoms with Gasteiger partial charge in [0, 0.05) is 33.2 Å². The number of piperazine rings is 1. The number of H-pyrrole nitrogens is 1. The van der Waals surface area contributed by atoms with Crippen molar-refractivity contribution >= 4 is 5.95 Å². The molecule has 3 heterocycles. The predicted molar refractivity (Wildman–Crippen MR) is 79.1 cm³/mol. The van der Waals surface area contributed by atoms with Crippen molar-refractivity contribution in [3.8, 4) is 0 Å². The van der Waals surface area contributed by atoms with Crippen LogP contribution in [0.2, 0.25) is 0 Å². The van der Waals surface area contributed by atoms with E-state index < -0.39 is 0 Å². The van der Waals surface area contributed by atoms with E-state index in [0.29, 0.717) is 6.04 Å². The third kappa shape index (κ3) is 2.21. The molecule has 1 aliphatic carbocycles. The van der Waals surface area contributed by atoms with Crippen molar-refractivity contribution in [1.82, 2.24) is 29.9 Å². The molecule has 0 amide bonds. The van der Waals surface area contributed by atoms with E-state index in [2.05, 4.69) is 30.2 Å². The molecule has 1 N–H and O–H groups in total. The molecule has 0 radical (unpaired) electrons. The zero-order chi connectivity index (χ0) is 14.2. The monoisotopic (exact) mass is 287 g/mol. The topological polar surface area (TPSA) is 65.9 Å². The molecule has 1 fully saturated rings. The highest BCUT2D eigenvalue weighted by Crippen LogP contribution is 2.33. The fourth-order valence-electron chi connectivity index (χ4n) is 3.60. The van der Waals surface area contributed by atoms with Crippen molar-refractivity contribution in [2.45, 2.75) is 25.3 Å². The van der Waals surface area contributed by atoms with Gasteiger partial charge in [0.05, 0.1) is 17.9 Å². The molecule has 0 aromatic carbocycles. The summed E-state index contributed by atoms with van der Waals surface area (Å²) in [5.74, 6) is 0.973. The molecule has 0 saturated carbocycles. The van der Waals surface area contributed by atoms with Crippen LogP contribution in [0.5, 0.6) is 0 Å². The van der Waals surface area contributed by atoms with Gasteiger partial charge in [-0.1, -0.05) is 0 Å². The largest absolute Gasteiger partial charge is 0.338 e. The number of nitrogens with one attached hydrogen (secondary N) is 1. The quantitative estimate of drug-likeness (QED) is 0.882. The fraction of sp³-hybridized carbons (Fsp3) is 0.643. The van der Waals surface area contributed by atoms with Gasteiger partial charge in [0.15, 0.2) is 0 Å². The smallest absolute Gasteiger partial charge is 0.226 e. The van der Waals surface area contributed by atoms with Crippen molar-refractivity contribution in [1.29, 1.82) is 0 Å². The number of anilines is 1. The Labute approximate surface area is 124 Å². The van der Waals surface area contributed by atoms with Crippen LogP contribution in [0.1, 0.15) is 30.1 Å². The average molecular weight is 287 g/mol. The van der Waals surface area contributed by atoms with E-state index in [0.717, 1.165) is 32.1 Å². The maximum absolute atomic E-state index is 4.23. The van der Waals surface area contributed by atoms with E-state index in [9.17, 15) is 0 Å². The van der Waals surface area contributed by atoms with E-state index in [-0.39, 0.29) is 0 Å². The van der Waals surface area contributed by atoms with Crippen molar-refractivity contribution in [3.63, 3.8) is 0 Å². The molecule has 1 atom stereocenters. The van der Waals surface area contributed by atoms with Crippen LogP contribution in [0.4, 0.5) is 5.95 Å². The number of hydrogen-bond acceptors (Lipinski definition) is 5. The van der Waals surface area contributed by atoms with E-state index in [1.807, 2.05) is 17.8 Å². The van der Waals surface area contributed by atoms with Crippen molar-refractivity contribution in [2.24, 2.45) is 7.05 Å². The van der Waals surface area contributed by atoms with Crippen molar-refractivity contribution < 1.29 is 0 Å². The van der Waals surface area contributed by atoms with Crippen LogP contribution in [0.25, 0.3) is 0 Å². The highest BCUT2D eigenvalue weighted by molar-refractivity contribution is 5.30. The lowest BCUT2D eigenvalue weighted by Gasteiger charge is -2.40. The van der Waals surface area contributed by atoms with Crippen LogP contribution in [0, 0.1) is 0 Å². The minimum Gasteiger partial charge on any atom is -0.338 e. The summed E-state index contributed by atoms with van der Waals surface area (Å²) in [6, 6.07) is 0.512. The third-order valence-electron chi connectivity index (χ3n) is 4.73. The average Bonchev–Trinajstić information content (AvgIpc) is 3.15. The Morgan fingerprint density at radius 2 is 2.10 bits per heavy atom. The van der Waals surface area contributed by atoms with Gasteiger partial charge >= 0.3 is 0 Å². The van der Waals surface area contributed by atoms with Gasteiger partial charge in [-0.3, -0.25) is 10.00 Å². The van der Waals surface area contributed by atoms with Gasteiger partial charge < -0.3 is 9.47 Å². The van der Waals surface area contributed by atoms with Crippen molar-refractivity contribution in [2.75, 3.05) is 31.1 Å². The molecule has 4 rings (SSSR count). The highest BCUT2D eigenvalue weighted by atomic mass is 15.4. The maximum Gasteiger partial charge on any atom is 0.226 e. The Morgan fingerprint density at radius 3 is 2.86 bits per heavy atom. The molecule has 0 bridgehead atoms. The van der Waals surface area contributed by atoms with Crippen LogP contribution in [0.15, 0.2) is 12.5 Å². The number of aromatic nitrogens is 5. The number of fused-ring (bicyclic) bond motifs is 1. The minimum atomic E-state index is 0.512. The number of aryl methyl sites for hydroxylation is 2. The van der Waals surface area contributed by atoms with E-state index >= 15 is 0 Å². The van der Waals surface area contributed by atoms with Gasteiger partial charge in [-0.15, -0.1) is 10.2 Å². The summed E-state index contributed by atoms with van der Waals surface area (Å²) in [5.41, 5.74) is 2.75. The van der Waals surface area contributed by atoms with Gasteiger partial charge in [-0.2, -0.15) is 5.10 Å². The van der Waals surface area contributed by atoms with Crippen LogP contribution in [-0.4, -0.2) is 56.0 Å². The Morgan fingerprint density at radius 1 is 1.24 bits per heavy atom. The first-order valence-electron chi connectivity index (χ1n) is 7.68. The Bertz CT molecular complexity index is 608. The molecule has 7 heteroatoms. The SMILES string of the molecule is Cn1cnnc1N1CCN(C2CCCc3cn[nH]c32)CC1. The molecular weight excluding hydrogens is 266 g/mol. The highest BCUT2D eigenvalue weighted by Gasteiger charge is 2.30. The first kappa shape index (κ1) is 12.8. The summed E-state index contributed by atoms with van der Waals surface area (Å²) >= 11 is 0. The van der Waals surface area contributed by atoms with Crippen LogP contribution < -0.4 is 4.90 Å². The number of aromatic amines is 1. The molecule has 2 aliphatic rings. The zero-order valence-electron chi connectivity index (χ0n) is 12.4. The second-order valence-corrected chi connectivity index (χ2v) is 5.98. The predicted octanol–water partition coefficient (Wildman–Crippen LogP) is 0.738. The Hall–Kier alpha value is -1.89. The molecule has 0 spiro atoms. The summed E-state index contributed by atoms with van der Waals surface area (Å²) in [5, 5.41) is 15.6. The summed E-state index contributed by atoms with van der Waals surface area (Å²) in [4.78, 5) is 4.91. The van der Waals surface area contributed by atoms with Crippen LogP contribution in [-0.2, 0) is 13.5 Å². The molecule has 1 aliphatic heterocycles. The van der Waals surface area contributed by atoms with Gasteiger partial charge in [0.25, 0.3) is 0 Å². The fourth-order valence-corrected chi connectivity index (χ4v) is 3.60. The summed E-state index contributed by atoms with van der Waals surface area (Å²) < 4.78 is 1.99. The maximum atomic E-state index is 4.23. The number of hydrogen-bond donors (Lipinski definition) is 1. The molecule has 21 heavy (non-hydrogen) atoms. The van der Waals surface area contributed by atoms with E-state index in [1.165, 1.54) is 30.5 Å². The first-order chi connectivity index (χ1) is 10.3. The number of rotatable bonds is 2. The lowest BCUT2D eigenvalue weighted by atomic mass is 9.92. The molecule has 2 aromatic heterocycles. The van der Waals surface area contributed by atoms with Gasteiger partial charge in [0.2, 0.25) is 5.95 Å². The van der Waals surface area contributed by atoms with Crippen LogP contribution >= 0.6 is 0 Å². The van der Waals surface area contributed by atoms with Gasteiger partial charge in [-0.25, -0.2) is 0 Å². The summed E-state index contributed by atoms with van der Waals surface area (Å²) in [6.45, 7) is 4.14. The lowest BCUT2D eigenvalue weighted by Crippen LogP contribution is -2.49. The third-order valence-corrected chi connectivity index (χ3v) is 4.73. The number of nitrogens with zero attached hydrogens (tertiary/aromatic N) is 6. The molecule has 7 nitrogen and oxygen atoms in total. The first-order valence-corrected chi connectivity index (χ1v) is 7.68. The second-order valence-electron chi connectivity index (χ2n) is 5.98. The molecule has 1 unspecified atom stereocenters. The van der Waals surface area contributed by atoms with E-state index in [4.69, 9.17) is 0 Å². The Kier molecular flexibility index (Phi) is 3.14. The zero-order valence-corrected chi connectivity index (χ0v) is 12.4. The summed E-state index contributed by atoms with van der Waals surface area (Å²) in [7, 11) is 2.00. The minimum absolute atomic E-state index is 0.512.